The molecule has 1 fully saturated rings. The summed E-state index contributed by atoms with van der Waals surface area (Å²) in [6.45, 7) is 4.00. The first-order chi connectivity index (χ1) is 10.5. The second-order valence-corrected chi connectivity index (χ2v) is 8.69. The van der Waals surface area contributed by atoms with Gasteiger partial charge in [-0.25, -0.2) is 8.42 Å². The van der Waals surface area contributed by atoms with Gasteiger partial charge < -0.3 is 4.74 Å². The molecule has 22 heavy (non-hydrogen) atoms. The average molecular weight is 324 g/mol. The molecule has 0 N–H and O–H groups in total. The Morgan fingerprint density at radius 2 is 2.00 bits per heavy atom. The van der Waals surface area contributed by atoms with Crippen LogP contribution in [0.5, 0.6) is 5.75 Å². The predicted octanol–water partition coefficient (Wildman–Crippen LogP) is 4.33. The largest absolute Gasteiger partial charge is 0.490 e. The molecule has 0 radical (unpaired) electrons. The van der Waals surface area contributed by atoms with E-state index in [2.05, 4.69) is 0 Å². The summed E-state index contributed by atoms with van der Waals surface area (Å²) in [6, 6.07) is 7.95. The summed E-state index contributed by atoms with van der Waals surface area (Å²) in [5, 5.41) is 0. The highest BCUT2D eigenvalue weighted by Gasteiger charge is 2.19. The van der Waals surface area contributed by atoms with Gasteiger partial charge in [0.05, 0.1) is 17.6 Å². The van der Waals surface area contributed by atoms with E-state index in [0.29, 0.717) is 11.9 Å². The fourth-order valence-electron chi connectivity index (χ4n) is 3.02. The molecule has 0 spiro atoms. The van der Waals surface area contributed by atoms with Gasteiger partial charge in [0.1, 0.15) is 5.75 Å². The third kappa shape index (κ3) is 5.31. The molecule has 4 heteroatoms. The van der Waals surface area contributed by atoms with Crippen molar-refractivity contribution >= 4 is 9.84 Å². The SMILES string of the molecule is CCCCS(=O)(=O)CC(C)c1cccc(OC2CCCC2)c1. The van der Waals surface area contributed by atoms with E-state index in [1.165, 1.54) is 12.8 Å². The van der Waals surface area contributed by atoms with Crippen molar-refractivity contribution in [3.05, 3.63) is 29.8 Å². The highest BCUT2D eigenvalue weighted by atomic mass is 32.2. The lowest BCUT2D eigenvalue weighted by atomic mass is 10.0. The van der Waals surface area contributed by atoms with E-state index in [1.807, 2.05) is 38.1 Å². The van der Waals surface area contributed by atoms with Gasteiger partial charge in [0, 0.05) is 0 Å². The number of ether oxygens (including phenoxy) is 1. The van der Waals surface area contributed by atoms with Gasteiger partial charge in [0.15, 0.2) is 9.84 Å². The summed E-state index contributed by atoms with van der Waals surface area (Å²) in [6.07, 6.45) is 6.75. The minimum absolute atomic E-state index is 0.00832. The molecule has 1 saturated carbocycles. The van der Waals surface area contributed by atoms with Gasteiger partial charge in [-0.05, 0) is 55.7 Å². The number of sulfone groups is 1. The molecule has 0 bridgehead atoms. The number of unbranched alkanes of at least 4 members (excludes halogenated alkanes) is 1. The maximum atomic E-state index is 12.1. The quantitative estimate of drug-likeness (QED) is 0.715. The highest BCUT2D eigenvalue weighted by molar-refractivity contribution is 7.91. The van der Waals surface area contributed by atoms with E-state index in [-0.39, 0.29) is 11.7 Å². The minimum Gasteiger partial charge on any atom is -0.490 e. The normalized spacial score (nSPS) is 17.5. The molecule has 0 aliphatic heterocycles. The van der Waals surface area contributed by atoms with Crippen molar-refractivity contribution in [2.45, 2.75) is 64.4 Å². The van der Waals surface area contributed by atoms with E-state index < -0.39 is 9.84 Å². The smallest absolute Gasteiger partial charge is 0.150 e. The number of hydrogen-bond donors (Lipinski definition) is 0. The van der Waals surface area contributed by atoms with E-state index >= 15 is 0 Å². The molecule has 1 aromatic rings. The molecule has 1 aliphatic carbocycles. The Kier molecular flexibility index (Phi) is 6.30. The molecule has 3 nitrogen and oxygen atoms in total. The zero-order valence-corrected chi connectivity index (χ0v) is 14.6. The number of benzene rings is 1. The predicted molar refractivity (Wildman–Crippen MR) is 91.3 cm³/mol. The number of hydrogen-bond acceptors (Lipinski definition) is 3. The van der Waals surface area contributed by atoms with Gasteiger partial charge >= 0.3 is 0 Å². The topological polar surface area (TPSA) is 43.4 Å². The Morgan fingerprint density at radius 3 is 2.68 bits per heavy atom. The monoisotopic (exact) mass is 324 g/mol. The third-order valence-corrected chi connectivity index (χ3v) is 6.26. The lowest BCUT2D eigenvalue weighted by Crippen LogP contribution is -2.16. The molecule has 1 unspecified atom stereocenters. The first kappa shape index (κ1) is 17.3. The Balaban J connectivity index is 1.98. The Morgan fingerprint density at radius 1 is 1.27 bits per heavy atom. The van der Waals surface area contributed by atoms with Gasteiger partial charge in [-0.2, -0.15) is 0 Å². The molecule has 0 amide bonds. The Bertz CT molecular complexity index is 559. The minimum atomic E-state index is -2.97. The van der Waals surface area contributed by atoms with Crippen LogP contribution >= 0.6 is 0 Å². The Labute approximate surface area is 135 Å². The van der Waals surface area contributed by atoms with Crippen LogP contribution in [-0.4, -0.2) is 26.0 Å². The third-order valence-electron chi connectivity index (χ3n) is 4.34. The average Bonchev–Trinajstić information content (AvgIpc) is 2.98. The summed E-state index contributed by atoms with van der Waals surface area (Å²) >= 11 is 0. The van der Waals surface area contributed by atoms with Crippen molar-refractivity contribution in [3.8, 4) is 5.75 Å². The second-order valence-electron chi connectivity index (χ2n) is 6.47. The van der Waals surface area contributed by atoms with E-state index in [1.54, 1.807) is 0 Å². The summed E-state index contributed by atoms with van der Waals surface area (Å²) in [5.41, 5.74) is 1.05. The fourth-order valence-corrected chi connectivity index (χ4v) is 4.87. The lowest BCUT2D eigenvalue weighted by Gasteiger charge is -2.16. The van der Waals surface area contributed by atoms with Crippen LogP contribution in [0.25, 0.3) is 0 Å². The van der Waals surface area contributed by atoms with Crippen molar-refractivity contribution in [1.82, 2.24) is 0 Å². The van der Waals surface area contributed by atoms with Crippen LogP contribution in [0.2, 0.25) is 0 Å². The van der Waals surface area contributed by atoms with Gasteiger partial charge in [0.25, 0.3) is 0 Å². The van der Waals surface area contributed by atoms with Crippen molar-refractivity contribution < 1.29 is 13.2 Å². The molecular weight excluding hydrogens is 296 g/mol. The van der Waals surface area contributed by atoms with Crippen LogP contribution < -0.4 is 4.74 Å². The van der Waals surface area contributed by atoms with Crippen LogP contribution in [-0.2, 0) is 9.84 Å². The molecule has 1 atom stereocenters. The molecular formula is C18H28O3S. The lowest BCUT2D eigenvalue weighted by molar-refractivity contribution is 0.210. The standard InChI is InChI=1S/C18H28O3S/c1-3-4-12-22(19,20)14-15(2)16-8-7-11-18(13-16)21-17-9-5-6-10-17/h7-8,11,13,15,17H,3-6,9-10,12,14H2,1-2H3. The van der Waals surface area contributed by atoms with Gasteiger partial charge in [-0.3, -0.25) is 0 Å². The van der Waals surface area contributed by atoms with E-state index in [9.17, 15) is 8.42 Å². The van der Waals surface area contributed by atoms with Crippen molar-refractivity contribution in [3.63, 3.8) is 0 Å². The van der Waals surface area contributed by atoms with E-state index in [0.717, 1.165) is 37.0 Å². The molecule has 124 valence electrons. The molecule has 1 aromatic carbocycles. The second kappa shape index (κ2) is 8.00. The van der Waals surface area contributed by atoms with E-state index in [4.69, 9.17) is 4.74 Å². The van der Waals surface area contributed by atoms with Crippen molar-refractivity contribution in [2.24, 2.45) is 0 Å². The fraction of sp³-hybridized carbons (Fsp3) is 0.667. The van der Waals surface area contributed by atoms with Crippen LogP contribution in [0.3, 0.4) is 0 Å². The van der Waals surface area contributed by atoms with Crippen LogP contribution in [0.4, 0.5) is 0 Å². The maximum absolute atomic E-state index is 12.1. The van der Waals surface area contributed by atoms with Gasteiger partial charge in [-0.15, -0.1) is 0 Å². The van der Waals surface area contributed by atoms with Crippen LogP contribution in [0, 0.1) is 0 Å². The summed E-state index contributed by atoms with van der Waals surface area (Å²) < 4.78 is 30.2. The van der Waals surface area contributed by atoms with Crippen LogP contribution in [0.1, 0.15) is 63.9 Å². The summed E-state index contributed by atoms with van der Waals surface area (Å²) in [4.78, 5) is 0. The molecule has 0 aromatic heterocycles. The van der Waals surface area contributed by atoms with Crippen LogP contribution in [0.15, 0.2) is 24.3 Å². The maximum Gasteiger partial charge on any atom is 0.150 e. The van der Waals surface area contributed by atoms with Gasteiger partial charge in [-0.1, -0.05) is 32.4 Å². The van der Waals surface area contributed by atoms with Gasteiger partial charge in [0.2, 0.25) is 0 Å². The number of rotatable bonds is 8. The first-order valence-corrected chi connectivity index (χ1v) is 10.3. The summed E-state index contributed by atoms with van der Waals surface area (Å²) in [5.74, 6) is 1.41. The van der Waals surface area contributed by atoms with Crippen molar-refractivity contribution in [1.29, 1.82) is 0 Å². The first-order valence-electron chi connectivity index (χ1n) is 8.47. The highest BCUT2D eigenvalue weighted by Crippen LogP contribution is 2.27. The summed E-state index contributed by atoms with van der Waals surface area (Å²) in [7, 11) is -2.97. The Hall–Kier alpha value is -1.03. The molecule has 2 rings (SSSR count). The molecule has 0 saturated heterocycles. The zero-order valence-electron chi connectivity index (χ0n) is 13.8. The zero-order chi connectivity index (χ0) is 16.0. The molecule has 0 heterocycles. The van der Waals surface area contributed by atoms with Crippen molar-refractivity contribution in [2.75, 3.05) is 11.5 Å². The molecule has 1 aliphatic rings.